The van der Waals surface area contributed by atoms with Crippen molar-refractivity contribution >= 4 is 81.1 Å². The molecule has 2 aromatic carbocycles. The number of nitrogens with zero attached hydrogens (tertiary/aromatic N) is 2. The maximum Gasteiger partial charge on any atom is 2.00 e. The third kappa shape index (κ3) is 23.0. The fourth-order valence-electron chi connectivity index (χ4n) is 8.74. The summed E-state index contributed by atoms with van der Waals surface area (Å²) in [7, 11) is -9.03. The quantitative estimate of drug-likeness (QED) is 0.0401. The number of benzene rings is 2. The predicted octanol–water partition coefficient (Wildman–Crippen LogP) is 13.6. The van der Waals surface area contributed by atoms with Gasteiger partial charge in [-0.25, -0.2) is 16.8 Å². The average Bonchev–Trinajstić information content (AvgIpc) is 3.80. The molecule has 61 heavy (non-hydrogen) atoms. The molecule has 0 saturated heterocycles. The summed E-state index contributed by atoms with van der Waals surface area (Å²) in [4.78, 5) is 0. The van der Waals surface area contributed by atoms with Gasteiger partial charge < -0.3 is 19.7 Å². The normalized spacial score (nSPS) is 15.7. The number of unbranched alkanes of at least 4 members (excludes halogenated alkanes) is 28. The summed E-state index contributed by atoms with van der Waals surface area (Å²) >= 11 is 0. The first-order chi connectivity index (χ1) is 29.1. The van der Waals surface area contributed by atoms with Gasteiger partial charge in [0, 0.05) is 0 Å². The molecule has 2 aliphatic rings. The minimum atomic E-state index is -4.51. The van der Waals surface area contributed by atoms with Crippen molar-refractivity contribution in [3.63, 3.8) is 0 Å². The van der Waals surface area contributed by atoms with Crippen LogP contribution in [0.3, 0.4) is 0 Å². The molecule has 0 radical (unpaired) electrons. The zero-order chi connectivity index (χ0) is 43.3. The number of hydrogen-bond donors (Lipinski definition) is 2. The number of fused-ring (bicyclic) bond motifs is 2. The third-order valence-corrected chi connectivity index (χ3v) is 14.0. The van der Waals surface area contributed by atoms with Gasteiger partial charge >= 0.3 is 37.7 Å². The van der Waals surface area contributed by atoms with E-state index < -0.39 is 32.9 Å². The average molecular weight is 915 g/mol. The van der Waals surface area contributed by atoms with Gasteiger partial charge in [-0.1, -0.05) is 218 Å². The molecule has 2 unspecified atom stereocenters. The predicted molar refractivity (Wildman–Crippen MR) is 257 cm³/mol. The topological polar surface area (TPSA) is 145 Å². The molecule has 0 aliphatic carbocycles. The minimum absolute atomic E-state index is 0. The number of para-hydroxylation sites is 4. The second-order valence-electron chi connectivity index (χ2n) is 17.3. The SMILES string of the molecule is CCCCCCCCCCCCCCCCCC1Nc2ccccc2N1S(=O)(=O)[O-].CCCCCCCCCCCCCCCCCC1Nc2ccccc2N1S(=O)(=O)[O-].[Ca+2]. The van der Waals surface area contributed by atoms with Crippen molar-refractivity contribution in [2.45, 2.75) is 232 Å². The maximum absolute atomic E-state index is 11.7. The first-order valence-corrected chi connectivity index (χ1v) is 27.0. The van der Waals surface area contributed by atoms with Crippen molar-refractivity contribution in [2.75, 3.05) is 19.2 Å². The van der Waals surface area contributed by atoms with E-state index in [-0.39, 0.29) is 37.7 Å². The van der Waals surface area contributed by atoms with Gasteiger partial charge in [0.25, 0.3) is 0 Å². The van der Waals surface area contributed by atoms with Gasteiger partial charge in [-0.05, 0) is 49.9 Å². The standard InChI is InChI=1S/2C24H42N2O3S.Ca/c2*1-2-3-4-5-6-7-8-9-10-11-12-13-14-15-16-21-24-25-22-19-17-18-20-23(22)26(24)30(27,28)29;/h2*17-20,24-25H,2-16,21H2,1H3,(H,27,28,29);/q;;+2/p-2. The molecule has 2 aromatic rings. The summed E-state index contributed by atoms with van der Waals surface area (Å²) in [5.41, 5.74) is 2.39. The molecule has 2 heterocycles. The Kier molecular flexibility index (Phi) is 30.4. The molecule has 0 saturated carbocycles. The van der Waals surface area contributed by atoms with E-state index in [0.29, 0.717) is 24.2 Å². The molecule has 0 fully saturated rings. The number of rotatable bonds is 34. The van der Waals surface area contributed by atoms with Crippen molar-refractivity contribution in [3.05, 3.63) is 48.5 Å². The van der Waals surface area contributed by atoms with E-state index in [4.69, 9.17) is 0 Å². The van der Waals surface area contributed by atoms with E-state index in [0.717, 1.165) is 45.7 Å². The maximum atomic E-state index is 11.7. The molecule has 10 nitrogen and oxygen atoms in total. The van der Waals surface area contributed by atoms with Crippen molar-refractivity contribution < 1.29 is 25.9 Å². The van der Waals surface area contributed by atoms with Crippen molar-refractivity contribution in [3.8, 4) is 0 Å². The molecule has 0 amide bonds. The third-order valence-electron chi connectivity index (χ3n) is 12.1. The molecular weight excluding hydrogens is 833 g/mol. The van der Waals surface area contributed by atoms with Gasteiger partial charge in [-0.3, -0.25) is 8.61 Å². The zero-order valence-electron chi connectivity index (χ0n) is 38.3. The van der Waals surface area contributed by atoms with Gasteiger partial charge in [0.05, 0.1) is 22.7 Å². The molecule has 2 atom stereocenters. The van der Waals surface area contributed by atoms with E-state index in [1.165, 1.54) is 167 Å². The van der Waals surface area contributed by atoms with Crippen LogP contribution in [0.4, 0.5) is 22.7 Å². The summed E-state index contributed by atoms with van der Waals surface area (Å²) in [6.45, 7) is 4.53. The first-order valence-electron chi connectivity index (χ1n) is 24.3. The van der Waals surface area contributed by atoms with Gasteiger partial charge in [0.15, 0.2) is 20.6 Å². The van der Waals surface area contributed by atoms with Gasteiger partial charge in [0.1, 0.15) is 12.3 Å². The van der Waals surface area contributed by atoms with Crippen LogP contribution in [0.25, 0.3) is 0 Å². The van der Waals surface area contributed by atoms with Crippen molar-refractivity contribution in [1.29, 1.82) is 0 Å². The Bertz CT molecular complexity index is 1510. The Morgan fingerprint density at radius 3 is 0.885 bits per heavy atom. The molecule has 2 aliphatic heterocycles. The Hall–Kier alpha value is -1.28. The monoisotopic (exact) mass is 915 g/mol. The number of hydrogen-bond acceptors (Lipinski definition) is 8. The molecule has 0 bridgehead atoms. The molecule has 0 aromatic heterocycles. The van der Waals surface area contributed by atoms with E-state index in [1.54, 1.807) is 24.3 Å². The fourth-order valence-corrected chi connectivity index (χ4v) is 10.5. The van der Waals surface area contributed by atoms with Gasteiger partial charge in [-0.2, -0.15) is 0 Å². The van der Waals surface area contributed by atoms with Crippen LogP contribution in [0.1, 0.15) is 219 Å². The zero-order valence-corrected chi connectivity index (χ0v) is 42.1. The molecular formula is C48H82CaN4O6S2. The Labute approximate surface area is 403 Å². The summed E-state index contributed by atoms with van der Waals surface area (Å²) in [5, 5.41) is 6.37. The molecule has 344 valence electrons. The summed E-state index contributed by atoms with van der Waals surface area (Å²) in [5.74, 6) is 0. The molecule has 2 N–H and O–H groups in total. The number of anilines is 4. The van der Waals surface area contributed by atoms with E-state index in [9.17, 15) is 25.9 Å². The summed E-state index contributed by atoms with van der Waals surface area (Å²) in [6, 6.07) is 14.2. The van der Waals surface area contributed by atoms with Gasteiger partial charge in [-0.15, -0.1) is 0 Å². The fraction of sp³-hybridized carbons (Fsp3) is 0.750. The first kappa shape index (κ1) is 55.9. The smallest absolute Gasteiger partial charge is 0.731 e. The van der Waals surface area contributed by atoms with E-state index >= 15 is 0 Å². The summed E-state index contributed by atoms with van der Waals surface area (Å²) in [6.07, 6.45) is 39.5. The molecule has 4 rings (SSSR count). The van der Waals surface area contributed by atoms with Crippen LogP contribution in [0, 0.1) is 0 Å². The Morgan fingerprint density at radius 1 is 0.410 bits per heavy atom. The van der Waals surface area contributed by atoms with Crippen LogP contribution in [0.15, 0.2) is 48.5 Å². The largest absolute Gasteiger partial charge is 2.00 e. The molecule has 13 heteroatoms. The van der Waals surface area contributed by atoms with Crippen LogP contribution in [0.2, 0.25) is 0 Å². The van der Waals surface area contributed by atoms with Crippen molar-refractivity contribution in [2.24, 2.45) is 0 Å². The Balaban J connectivity index is 0.000000413. The van der Waals surface area contributed by atoms with Crippen LogP contribution >= 0.6 is 0 Å². The van der Waals surface area contributed by atoms with Crippen LogP contribution in [-0.2, 0) is 20.6 Å². The van der Waals surface area contributed by atoms with E-state index in [1.807, 2.05) is 24.3 Å². The number of nitrogens with one attached hydrogen (secondary N) is 2. The Morgan fingerprint density at radius 2 is 0.639 bits per heavy atom. The second-order valence-corrected chi connectivity index (χ2v) is 19.8. The summed E-state index contributed by atoms with van der Waals surface area (Å²) < 4.78 is 72.2. The van der Waals surface area contributed by atoms with E-state index in [2.05, 4.69) is 24.5 Å². The van der Waals surface area contributed by atoms with Gasteiger partial charge in [0.2, 0.25) is 0 Å². The van der Waals surface area contributed by atoms with Crippen LogP contribution in [-0.4, -0.2) is 76.0 Å². The minimum Gasteiger partial charge on any atom is -0.731 e. The molecule has 0 spiro atoms. The van der Waals surface area contributed by atoms with Crippen LogP contribution in [0.5, 0.6) is 0 Å². The van der Waals surface area contributed by atoms with Crippen LogP contribution < -0.4 is 19.2 Å². The second kappa shape index (κ2) is 33.2. The van der Waals surface area contributed by atoms with Crippen molar-refractivity contribution in [1.82, 2.24) is 0 Å².